The number of aromatic amines is 1. The minimum atomic E-state index is -0.150. The first kappa shape index (κ1) is 16.6. The largest absolute Gasteiger partial charge is 0.346 e. The van der Waals surface area contributed by atoms with Crippen LogP contribution in [0, 0.1) is 0 Å². The van der Waals surface area contributed by atoms with E-state index in [0.29, 0.717) is 11.4 Å². The van der Waals surface area contributed by atoms with Crippen LogP contribution in [0.5, 0.6) is 0 Å². The van der Waals surface area contributed by atoms with Crippen molar-refractivity contribution in [1.29, 1.82) is 0 Å². The molecule has 9 nitrogen and oxygen atoms in total. The van der Waals surface area contributed by atoms with Crippen molar-refractivity contribution >= 4 is 5.91 Å². The minimum absolute atomic E-state index is 0.140. The van der Waals surface area contributed by atoms with Gasteiger partial charge in [-0.1, -0.05) is 24.3 Å². The summed E-state index contributed by atoms with van der Waals surface area (Å²) in [6.45, 7) is 1.94. The SMILES string of the molecule is CC(NC(=O)c1ccc(-c2nn[nH]n2)cc1)c1ccc(-n2cncn2)cc1. The van der Waals surface area contributed by atoms with E-state index in [4.69, 9.17) is 0 Å². The van der Waals surface area contributed by atoms with Gasteiger partial charge in [0.1, 0.15) is 12.7 Å². The van der Waals surface area contributed by atoms with Gasteiger partial charge in [0.15, 0.2) is 0 Å². The summed E-state index contributed by atoms with van der Waals surface area (Å²) in [5, 5.41) is 20.9. The summed E-state index contributed by atoms with van der Waals surface area (Å²) in [7, 11) is 0. The van der Waals surface area contributed by atoms with Crippen LogP contribution in [0.4, 0.5) is 0 Å². The van der Waals surface area contributed by atoms with Crippen LogP contribution in [-0.2, 0) is 0 Å². The Morgan fingerprint density at radius 2 is 1.89 bits per heavy atom. The molecule has 1 amide bonds. The van der Waals surface area contributed by atoms with Crippen LogP contribution in [0.25, 0.3) is 17.1 Å². The lowest BCUT2D eigenvalue weighted by Crippen LogP contribution is -2.26. The Morgan fingerprint density at radius 3 is 2.52 bits per heavy atom. The number of hydrogen-bond acceptors (Lipinski definition) is 6. The van der Waals surface area contributed by atoms with E-state index in [9.17, 15) is 4.79 Å². The molecule has 0 aliphatic rings. The summed E-state index contributed by atoms with van der Waals surface area (Å²) in [4.78, 5) is 16.4. The van der Waals surface area contributed by atoms with Gasteiger partial charge in [0.25, 0.3) is 5.91 Å². The van der Waals surface area contributed by atoms with Gasteiger partial charge in [-0.25, -0.2) is 9.67 Å². The predicted octanol–water partition coefficient (Wildman–Crippen LogP) is 1.94. The van der Waals surface area contributed by atoms with Gasteiger partial charge < -0.3 is 5.32 Å². The summed E-state index contributed by atoms with van der Waals surface area (Å²) >= 11 is 0. The monoisotopic (exact) mass is 360 g/mol. The summed E-state index contributed by atoms with van der Waals surface area (Å²) < 4.78 is 1.68. The molecule has 0 saturated carbocycles. The molecular weight excluding hydrogens is 344 g/mol. The Kier molecular flexibility index (Phi) is 4.40. The average molecular weight is 360 g/mol. The molecule has 2 heterocycles. The van der Waals surface area contributed by atoms with E-state index < -0.39 is 0 Å². The Bertz CT molecular complexity index is 1010. The minimum Gasteiger partial charge on any atom is -0.346 e. The smallest absolute Gasteiger partial charge is 0.251 e. The zero-order valence-corrected chi connectivity index (χ0v) is 14.4. The normalized spacial score (nSPS) is 11.9. The third-order valence-electron chi connectivity index (χ3n) is 4.17. The van der Waals surface area contributed by atoms with Crippen molar-refractivity contribution in [2.24, 2.45) is 0 Å². The molecule has 134 valence electrons. The number of tetrazole rings is 1. The molecule has 0 saturated heterocycles. The predicted molar refractivity (Wildman–Crippen MR) is 96.9 cm³/mol. The molecule has 4 aromatic rings. The number of nitrogens with zero attached hydrogens (tertiary/aromatic N) is 6. The van der Waals surface area contributed by atoms with Gasteiger partial charge in [0, 0.05) is 11.1 Å². The highest BCUT2D eigenvalue weighted by atomic mass is 16.1. The third-order valence-corrected chi connectivity index (χ3v) is 4.17. The van der Waals surface area contributed by atoms with E-state index in [1.54, 1.807) is 35.3 Å². The number of nitrogens with one attached hydrogen (secondary N) is 2. The molecule has 1 atom stereocenters. The van der Waals surface area contributed by atoms with E-state index in [1.807, 2.05) is 31.2 Å². The van der Waals surface area contributed by atoms with Crippen molar-refractivity contribution in [3.8, 4) is 17.1 Å². The van der Waals surface area contributed by atoms with Crippen LogP contribution in [-0.4, -0.2) is 41.3 Å². The summed E-state index contributed by atoms with van der Waals surface area (Å²) in [5.74, 6) is 0.338. The summed E-state index contributed by atoms with van der Waals surface area (Å²) in [5.41, 5.74) is 3.26. The quantitative estimate of drug-likeness (QED) is 0.562. The van der Waals surface area contributed by atoms with Crippen molar-refractivity contribution in [3.05, 3.63) is 72.3 Å². The molecule has 4 rings (SSSR count). The fourth-order valence-corrected chi connectivity index (χ4v) is 2.68. The molecule has 0 aliphatic carbocycles. The number of hydrogen-bond donors (Lipinski definition) is 2. The van der Waals surface area contributed by atoms with Crippen molar-refractivity contribution < 1.29 is 4.79 Å². The van der Waals surface area contributed by atoms with Gasteiger partial charge in [-0.3, -0.25) is 4.79 Å². The number of carbonyl (C=O) groups excluding carboxylic acids is 1. The van der Waals surface area contributed by atoms with E-state index in [0.717, 1.165) is 16.8 Å². The number of aromatic nitrogens is 7. The van der Waals surface area contributed by atoms with Crippen LogP contribution in [0.15, 0.2) is 61.2 Å². The number of amides is 1. The molecule has 1 unspecified atom stereocenters. The zero-order chi connectivity index (χ0) is 18.6. The molecular formula is C18H16N8O. The maximum Gasteiger partial charge on any atom is 0.251 e. The van der Waals surface area contributed by atoms with Gasteiger partial charge in [0.2, 0.25) is 5.82 Å². The number of benzene rings is 2. The highest BCUT2D eigenvalue weighted by Gasteiger charge is 2.12. The number of rotatable bonds is 5. The van der Waals surface area contributed by atoms with Crippen LogP contribution < -0.4 is 5.32 Å². The van der Waals surface area contributed by atoms with Gasteiger partial charge in [0.05, 0.1) is 11.7 Å². The third kappa shape index (κ3) is 3.56. The second kappa shape index (κ2) is 7.16. The highest BCUT2D eigenvalue weighted by Crippen LogP contribution is 2.17. The Labute approximate surface area is 154 Å². The fraction of sp³-hybridized carbons (Fsp3) is 0.111. The molecule has 0 radical (unpaired) electrons. The van der Waals surface area contributed by atoms with Crippen molar-refractivity contribution in [3.63, 3.8) is 0 Å². The van der Waals surface area contributed by atoms with E-state index >= 15 is 0 Å². The second-order valence-corrected chi connectivity index (χ2v) is 5.94. The maximum atomic E-state index is 12.5. The molecule has 27 heavy (non-hydrogen) atoms. The maximum absolute atomic E-state index is 12.5. The van der Waals surface area contributed by atoms with Crippen molar-refractivity contribution in [2.75, 3.05) is 0 Å². The van der Waals surface area contributed by atoms with E-state index in [-0.39, 0.29) is 11.9 Å². The molecule has 0 fully saturated rings. The number of carbonyl (C=O) groups is 1. The first-order valence-corrected chi connectivity index (χ1v) is 8.30. The summed E-state index contributed by atoms with van der Waals surface area (Å²) in [6.07, 6.45) is 3.12. The molecule has 0 spiro atoms. The average Bonchev–Trinajstić information content (AvgIpc) is 3.42. The van der Waals surface area contributed by atoms with Crippen LogP contribution in [0.3, 0.4) is 0 Å². The van der Waals surface area contributed by atoms with E-state index in [1.165, 1.54) is 6.33 Å². The lowest BCUT2D eigenvalue weighted by atomic mass is 10.1. The first-order chi connectivity index (χ1) is 13.2. The Morgan fingerprint density at radius 1 is 1.11 bits per heavy atom. The highest BCUT2D eigenvalue weighted by molar-refractivity contribution is 5.94. The zero-order valence-electron chi connectivity index (χ0n) is 14.4. The lowest BCUT2D eigenvalue weighted by molar-refractivity contribution is 0.0940. The molecule has 2 aromatic heterocycles. The Hall–Kier alpha value is -3.88. The molecule has 0 aliphatic heterocycles. The van der Waals surface area contributed by atoms with Gasteiger partial charge in [-0.2, -0.15) is 10.3 Å². The molecule has 2 aromatic carbocycles. The van der Waals surface area contributed by atoms with E-state index in [2.05, 4.69) is 36.0 Å². The first-order valence-electron chi connectivity index (χ1n) is 8.30. The summed E-state index contributed by atoms with van der Waals surface area (Å²) in [6, 6.07) is 14.7. The van der Waals surface area contributed by atoms with Crippen LogP contribution >= 0.6 is 0 Å². The Balaban J connectivity index is 1.43. The standard InChI is InChI=1S/C18H16N8O/c1-12(13-6-8-16(9-7-13)26-11-19-10-20-26)21-18(27)15-4-2-14(3-5-15)17-22-24-25-23-17/h2-12H,1H3,(H,21,27)(H,22,23,24,25). The second-order valence-electron chi connectivity index (χ2n) is 5.94. The van der Waals surface area contributed by atoms with Gasteiger partial charge in [-0.15, -0.1) is 10.2 Å². The van der Waals surface area contributed by atoms with Crippen molar-refractivity contribution in [2.45, 2.75) is 13.0 Å². The lowest BCUT2D eigenvalue weighted by Gasteiger charge is -2.15. The van der Waals surface area contributed by atoms with Crippen LogP contribution in [0.1, 0.15) is 28.9 Å². The number of H-pyrrole nitrogens is 1. The van der Waals surface area contributed by atoms with Crippen molar-refractivity contribution in [1.82, 2.24) is 40.7 Å². The van der Waals surface area contributed by atoms with Gasteiger partial charge >= 0.3 is 0 Å². The molecule has 2 N–H and O–H groups in total. The van der Waals surface area contributed by atoms with Crippen LogP contribution in [0.2, 0.25) is 0 Å². The molecule has 9 heteroatoms. The van der Waals surface area contributed by atoms with Gasteiger partial charge in [-0.05, 0) is 42.0 Å². The fourth-order valence-electron chi connectivity index (χ4n) is 2.68. The molecule has 0 bridgehead atoms. The topological polar surface area (TPSA) is 114 Å².